The Labute approximate surface area is 166 Å². The highest BCUT2D eigenvalue weighted by Crippen LogP contribution is 2.27. The first-order valence-corrected chi connectivity index (χ1v) is 9.56. The third-order valence-electron chi connectivity index (χ3n) is 4.27. The number of thiophene rings is 1. The highest BCUT2D eigenvalue weighted by Gasteiger charge is 2.18. The molecule has 0 aliphatic heterocycles. The minimum absolute atomic E-state index is 0.122. The first kappa shape index (κ1) is 19.6. The molecule has 144 valence electrons. The first-order chi connectivity index (χ1) is 13.3. The monoisotopic (exact) mass is 396 g/mol. The van der Waals surface area contributed by atoms with Crippen molar-refractivity contribution in [3.63, 3.8) is 0 Å². The fourth-order valence-electron chi connectivity index (χ4n) is 2.84. The number of aryl methyl sites for hydroxylation is 3. The van der Waals surface area contributed by atoms with Crippen molar-refractivity contribution in [2.75, 3.05) is 5.32 Å². The average molecular weight is 396 g/mol. The number of benzene rings is 2. The molecule has 1 amide bonds. The summed E-state index contributed by atoms with van der Waals surface area (Å²) in [5.74, 6) is 0.463. The molecule has 0 saturated heterocycles. The molecule has 0 unspecified atom stereocenters. The second-order valence-corrected chi connectivity index (χ2v) is 7.47. The van der Waals surface area contributed by atoms with E-state index in [1.54, 1.807) is 25.1 Å². The number of carbonyl (C=O) groups excluding carboxylic acids is 1. The van der Waals surface area contributed by atoms with Crippen LogP contribution in [0.3, 0.4) is 0 Å². The van der Waals surface area contributed by atoms with Crippen molar-refractivity contribution in [2.24, 2.45) is 0 Å². The summed E-state index contributed by atoms with van der Waals surface area (Å²) in [6.07, 6.45) is 0. The fourth-order valence-corrected chi connectivity index (χ4v) is 3.63. The van der Waals surface area contributed by atoms with Crippen LogP contribution in [0.4, 0.5) is 11.4 Å². The van der Waals surface area contributed by atoms with Gasteiger partial charge in [-0.2, -0.15) is 0 Å². The summed E-state index contributed by atoms with van der Waals surface area (Å²) in [4.78, 5) is 23.7. The highest BCUT2D eigenvalue weighted by atomic mass is 32.1. The number of nitro groups is 1. The predicted octanol–water partition coefficient (Wildman–Crippen LogP) is 5.41. The highest BCUT2D eigenvalue weighted by molar-refractivity contribution is 7.12. The van der Waals surface area contributed by atoms with E-state index in [1.165, 1.54) is 17.4 Å². The number of ether oxygens (including phenoxy) is 1. The summed E-state index contributed by atoms with van der Waals surface area (Å²) >= 11 is 1.28. The number of hydrogen-bond donors (Lipinski definition) is 1. The lowest BCUT2D eigenvalue weighted by Gasteiger charge is -2.11. The molecule has 3 rings (SSSR count). The lowest BCUT2D eigenvalue weighted by molar-refractivity contribution is -0.384. The number of nitrogens with zero attached hydrogens (tertiary/aromatic N) is 1. The van der Waals surface area contributed by atoms with Crippen LogP contribution in [-0.2, 0) is 6.61 Å². The van der Waals surface area contributed by atoms with Gasteiger partial charge in [0.15, 0.2) is 0 Å². The third kappa shape index (κ3) is 4.37. The number of nitrogens with one attached hydrogen (secondary N) is 1. The maximum atomic E-state index is 12.5. The van der Waals surface area contributed by atoms with E-state index >= 15 is 0 Å². The van der Waals surface area contributed by atoms with E-state index < -0.39 is 4.92 Å². The van der Waals surface area contributed by atoms with Crippen LogP contribution in [0.25, 0.3) is 0 Å². The smallest absolute Gasteiger partial charge is 0.293 e. The molecule has 1 heterocycles. The number of para-hydroxylation sites is 1. The quantitative estimate of drug-likeness (QED) is 0.446. The second kappa shape index (κ2) is 8.22. The molecule has 0 saturated carbocycles. The molecule has 0 spiro atoms. The van der Waals surface area contributed by atoms with Crippen molar-refractivity contribution < 1.29 is 14.5 Å². The minimum atomic E-state index is -0.499. The molecular formula is C21H20N2O4S. The Morgan fingerprint density at radius 1 is 1.14 bits per heavy atom. The Hall–Kier alpha value is -3.19. The number of rotatable bonds is 6. The van der Waals surface area contributed by atoms with E-state index in [0.717, 1.165) is 28.0 Å². The molecule has 1 N–H and O–H groups in total. The van der Waals surface area contributed by atoms with Crippen LogP contribution in [0.2, 0.25) is 0 Å². The Bertz CT molecular complexity index is 1020. The van der Waals surface area contributed by atoms with E-state index in [0.29, 0.717) is 11.5 Å². The van der Waals surface area contributed by atoms with Gasteiger partial charge in [0, 0.05) is 11.6 Å². The summed E-state index contributed by atoms with van der Waals surface area (Å²) in [5.41, 5.74) is 3.80. The maximum Gasteiger partial charge on any atom is 0.293 e. The number of amides is 1. The van der Waals surface area contributed by atoms with Crippen molar-refractivity contribution in [1.29, 1.82) is 0 Å². The van der Waals surface area contributed by atoms with Gasteiger partial charge in [0.05, 0.1) is 9.80 Å². The van der Waals surface area contributed by atoms with Gasteiger partial charge >= 0.3 is 0 Å². The van der Waals surface area contributed by atoms with Gasteiger partial charge in [0.2, 0.25) is 0 Å². The van der Waals surface area contributed by atoms with Crippen LogP contribution in [0.5, 0.6) is 5.75 Å². The summed E-state index contributed by atoms with van der Waals surface area (Å²) in [6, 6.07) is 12.4. The number of carbonyl (C=O) groups is 1. The Balaban J connectivity index is 1.70. The summed E-state index contributed by atoms with van der Waals surface area (Å²) in [6.45, 7) is 6.09. The molecule has 1 aromatic heterocycles. The van der Waals surface area contributed by atoms with Gasteiger partial charge in [-0.3, -0.25) is 14.9 Å². The second-order valence-electron chi connectivity index (χ2n) is 6.56. The lowest BCUT2D eigenvalue weighted by atomic mass is 10.1. The standard InChI is InChI=1S/C21H20N2O4S/c1-13-7-8-17(18(9-13)23(25)26)22-21(24)19-10-16(12-28-19)11-27-20-14(2)5-4-6-15(20)3/h4-10,12H,11H2,1-3H3,(H,22,24). The van der Waals surface area contributed by atoms with E-state index in [9.17, 15) is 14.9 Å². The SMILES string of the molecule is Cc1ccc(NC(=O)c2cc(COc3c(C)cccc3C)cs2)c([N+](=O)[O-])c1. The van der Waals surface area contributed by atoms with Gasteiger partial charge in [-0.05, 0) is 55.0 Å². The molecule has 2 aromatic carbocycles. The zero-order valence-corrected chi connectivity index (χ0v) is 16.6. The summed E-state index contributed by atoms with van der Waals surface area (Å²) in [5, 5.41) is 15.7. The average Bonchev–Trinajstić information content (AvgIpc) is 3.12. The molecule has 6 nitrogen and oxygen atoms in total. The number of anilines is 1. The van der Waals surface area contributed by atoms with Gasteiger partial charge in [-0.1, -0.05) is 24.3 Å². The largest absolute Gasteiger partial charge is 0.488 e. The molecule has 0 aliphatic rings. The van der Waals surface area contributed by atoms with Crippen LogP contribution >= 0.6 is 11.3 Å². The number of hydrogen-bond acceptors (Lipinski definition) is 5. The fraction of sp³-hybridized carbons (Fsp3) is 0.190. The molecule has 28 heavy (non-hydrogen) atoms. The molecular weight excluding hydrogens is 376 g/mol. The predicted molar refractivity (Wildman–Crippen MR) is 110 cm³/mol. The first-order valence-electron chi connectivity index (χ1n) is 8.68. The van der Waals surface area contributed by atoms with Gasteiger partial charge < -0.3 is 10.1 Å². The molecule has 0 bridgehead atoms. The van der Waals surface area contributed by atoms with E-state index in [2.05, 4.69) is 5.32 Å². The van der Waals surface area contributed by atoms with E-state index in [-0.39, 0.29) is 17.3 Å². The minimum Gasteiger partial charge on any atom is -0.488 e. The van der Waals surface area contributed by atoms with Crippen LogP contribution in [0.1, 0.15) is 31.9 Å². The normalized spacial score (nSPS) is 10.5. The molecule has 0 aliphatic carbocycles. The molecule has 3 aromatic rings. The van der Waals surface area contributed by atoms with Crippen molar-refractivity contribution >= 4 is 28.6 Å². The van der Waals surface area contributed by atoms with Crippen LogP contribution < -0.4 is 10.1 Å². The third-order valence-corrected chi connectivity index (χ3v) is 5.25. The van der Waals surface area contributed by atoms with Gasteiger partial charge in [0.25, 0.3) is 11.6 Å². The summed E-state index contributed by atoms with van der Waals surface area (Å²) < 4.78 is 5.91. The van der Waals surface area contributed by atoms with E-state index in [1.807, 2.05) is 37.4 Å². The zero-order chi connectivity index (χ0) is 20.3. The van der Waals surface area contributed by atoms with Gasteiger partial charge in [-0.25, -0.2) is 0 Å². The maximum absolute atomic E-state index is 12.5. The van der Waals surface area contributed by atoms with Crippen molar-refractivity contribution in [3.8, 4) is 5.75 Å². The molecule has 7 heteroatoms. The molecule has 0 fully saturated rings. The van der Waals surface area contributed by atoms with Gasteiger partial charge in [-0.15, -0.1) is 11.3 Å². The topological polar surface area (TPSA) is 81.5 Å². The Kier molecular flexibility index (Phi) is 5.75. The molecule has 0 radical (unpaired) electrons. The Morgan fingerprint density at radius 2 is 1.86 bits per heavy atom. The van der Waals surface area contributed by atoms with Crippen LogP contribution in [0.15, 0.2) is 47.8 Å². The van der Waals surface area contributed by atoms with Crippen molar-refractivity contribution in [3.05, 3.63) is 85.1 Å². The molecule has 0 atom stereocenters. The van der Waals surface area contributed by atoms with Crippen molar-refractivity contribution in [1.82, 2.24) is 0 Å². The van der Waals surface area contributed by atoms with Crippen LogP contribution in [-0.4, -0.2) is 10.8 Å². The summed E-state index contributed by atoms with van der Waals surface area (Å²) in [7, 11) is 0. The van der Waals surface area contributed by atoms with Crippen molar-refractivity contribution in [2.45, 2.75) is 27.4 Å². The van der Waals surface area contributed by atoms with Gasteiger partial charge in [0.1, 0.15) is 18.0 Å². The number of nitro benzene ring substituents is 1. The van der Waals surface area contributed by atoms with Crippen LogP contribution in [0, 0.1) is 30.9 Å². The van der Waals surface area contributed by atoms with E-state index in [4.69, 9.17) is 4.74 Å². The Morgan fingerprint density at radius 3 is 2.54 bits per heavy atom. The zero-order valence-electron chi connectivity index (χ0n) is 15.8. The lowest BCUT2D eigenvalue weighted by Crippen LogP contribution is -2.11.